The molecule has 1 nitrogen and oxygen atoms in total. The molecule has 0 aromatic carbocycles. The van der Waals surface area contributed by atoms with Crippen molar-refractivity contribution in [3.05, 3.63) is 59.4 Å². The van der Waals surface area contributed by atoms with Crippen LogP contribution in [0, 0.1) is 6.92 Å². The van der Waals surface area contributed by atoms with Crippen LogP contribution in [0.25, 0.3) is 3.58 Å². The average Bonchev–Trinajstić information content (AvgIpc) is 2.29. The van der Waals surface area contributed by atoms with Gasteiger partial charge in [0.1, 0.15) is 0 Å². The van der Waals surface area contributed by atoms with E-state index in [9.17, 15) is 0 Å². The molecule has 0 aliphatic heterocycles. The fourth-order valence-corrected chi connectivity index (χ4v) is 2.08. The fraction of sp³-hybridized carbons (Fsp3) is 0.214. The smallest absolute Gasteiger partial charge is 0.0793 e. The number of pyridine rings is 1. The Labute approximate surface area is 121 Å². The Morgan fingerprint density at radius 1 is 1.53 bits per heavy atom. The first-order chi connectivity index (χ1) is 7.95. The lowest BCUT2D eigenvalue weighted by Gasteiger charge is -2.10. The summed E-state index contributed by atoms with van der Waals surface area (Å²) in [6, 6.07) is 1.97. The molecule has 0 saturated heterocycles. The SMILES string of the molecule is C=CC(=C)CCc1cc(Cl)c(C)nc1C(=C)I. The summed E-state index contributed by atoms with van der Waals surface area (Å²) in [5, 5.41) is 0.700. The van der Waals surface area contributed by atoms with Crippen molar-refractivity contribution in [2.24, 2.45) is 0 Å². The van der Waals surface area contributed by atoms with Gasteiger partial charge in [0.25, 0.3) is 0 Å². The summed E-state index contributed by atoms with van der Waals surface area (Å²) in [5.74, 6) is 0. The zero-order valence-corrected chi connectivity index (χ0v) is 12.8. The van der Waals surface area contributed by atoms with Crippen LogP contribution < -0.4 is 0 Å². The van der Waals surface area contributed by atoms with E-state index in [1.165, 1.54) is 0 Å². The van der Waals surface area contributed by atoms with Crippen molar-refractivity contribution in [3.8, 4) is 0 Å². The summed E-state index contributed by atoms with van der Waals surface area (Å²) in [7, 11) is 0. The van der Waals surface area contributed by atoms with E-state index in [1.807, 2.05) is 13.0 Å². The number of nitrogens with zero attached hydrogens (tertiary/aromatic N) is 1. The van der Waals surface area contributed by atoms with Crippen molar-refractivity contribution in [1.82, 2.24) is 4.98 Å². The van der Waals surface area contributed by atoms with Crippen LogP contribution in [0.5, 0.6) is 0 Å². The van der Waals surface area contributed by atoms with Gasteiger partial charge in [-0.25, -0.2) is 0 Å². The minimum absolute atomic E-state index is 0.700. The van der Waals surface area contributed by atoms with Crippen LogP contribution in [0.15, 0.2) is 37.5 Å². The van der Waals surface area contributed by atoms with Crippen LogP contribution in [-0.4, -0.2) is 4.98 Å². The largest absolute Gasteiger partial charge is 0.251 e. The van der Waals surface area contributed by atoms with E-state index in [0.29, 0.717) is 5.02 Å². The number of aryl methyl sites for hydroxylation is 2. The summed E-state index contributed by atoms with van der Waals surface area (Å²) >= 11 is 8.29. The summed E-state index contributed by atoms with van der Waals surface area (Å²) < 4.78 is 0.932. The van der Waals surface area contributed by atoms with E-state index in [-0.39, 0.29) is 0 Å². The molecule has 0 fully saturated rings. The second-order valence-corrected chi connectivity index (χ2v) is 5.54. The third-order valence-electron chi connectivity index (χ3n) is 2.49. The van der Waals surface area contributed by atoms with E-state index in [2.05, 4.69) is 47.3 Å². The van der Waals surface area contributed by atoms with Gasteiger partial charge in [-0.3, -0.25) is 4.98 Å². The van der Waals surface area contributed by atoms with Gasteiger partial charge in [-0.15, -0.1) is 0 Å². The molecular weight excluding hydrogens is 345 g/mol. The van der Waals surface area contributed by atoms with Crippen molar-refractivity contribution in [1.29, 1.82) is 0 Å². The summed E-state index contributed by atoms with van der Waals surface area (Å²) in [6.45, 7) is 13.5. The molecule has 90 valence electrons. The fourth-order valence-electron chi connectivity index (χ4n) is 1.44. The maximum atomic E-state index is 6.10. The third kappa shape index (κ3) is 3.96. The molecule has 0 radical (unpaired) electrons. The van der Waals surface area contributed by atoms with Crippen molar-refractivity contribution < 1.29 is 0 Å². The molecule has 0 aliphatic carbocycles. The van der Waals surface area contributed by atoms with Gasteiger partial charge in [0, 0.05) is 3.58 Å². The molecule has 0 amide bonds. The lowest BCUT2D eigenvalue weighted by atomic mass is 10.0. The molecule has 1 aromatic rings. The van der Waals surface area contributed by atoms with Crippen molar-refractivity contribution >= 4 is 37.8 Å². The van der Waals surface area contributed by atoms with Crippen molar-refractivity contribution in [3.63, 3.8) is 0 Å². The zero-order valence-electron chi connectivity index (χ0n) is 9.89. The van der Waals surface area contributed by atoms with E-state index in [1.54, 1.807) is 6.08 Å². The van der Waals surface area contributed by atoms with Gasteiger partial charge in [-0.05, 0) is 54.0 Å². The number of allylic oxidation sites excluding steroid dienone is 2. The predicted molar refractivity (Wildman–Crippen MR) is 84.7 cm³/mol. The molecule has 17 heavy (non-hydrogen) atoms. The van der Waals surface area contributed by atoms with Crippen molar-refractivity contribution in [2.45, 2.75) is 19.8 Å². The van der Waals surface area contributed by atoms with E-state index in [0.717, 1.165) is 38.9 Å². The maximum Gasteiger partial charge on any atom is 0.0793 e. The van der Waals surface area contributed by atoms with Gasteiger partial charge in [0.15, 0.2) is 0 Å². The Hall–Kier alpha value is -0.610. The van der Waals surface area contributed by atoms with Crippen molar-refractivity contribution in [2.75, 3.05) is 0 Å². The Balaban J connectivity index is 3.04. The molecule has 3 heteroatoms. The van der Waals surface area contributed by atoms with Crippen LogP contribution in [0.4, 0.5) is 0 Å². The first-order valence-corrected chi connectivity index (χ1v) is 6.72. The normalized spacial score (nSPS) is 10.1. The van der Waals surface area contributed by atoms with Crippen LogP contribution in [0.3, 0.4) is 0 Å². The van der Waals surface area contributed by atoms with E-state index >= 15 is 0 Å². The topological polar surface area (TPSA) is 12.9 Å². The quantitative estimate of drug-likeness (QED) is 0.525. The number of hydrogen-bond acceptors (Lipinski definition) is 1. The summed E-state index contributed by atoms with van der Waals surface area (Å²) in [5.41, 5.74) is 3.91. The lowest BCUT2D eigenvalue weighted by Crippen LogP contribution is -1.98. The van der Waals surface area contributed by atoms with Gasteiger partial charge in [-0.2, -0.15) is 0 Å². The maximum absolute atomic E-state index is 6.10. The Morgan fingerprint density at radius 2 is 2.18 bits per heavy atom. The number of halogens is 2. The minimum atomic E-state index is 0.700. The minimum Gasteiger partial charge on any atom is -0.251 e. The molecule has 0 unspecified atom stereocenters. The summed E-state index contributed by atoms with van der Waals surface area (Å²) in [4.78, 5) is 4.48. The van der Waals surface area contributed by atoms with E-state index < -0.39 is 0 Å². The number of hydrogen-bond donors (Lipinski definition) is 0. The van der Waals surface area contributed by atoms with Gasteiger partial charge in [0.05, 0.1) is 16.4 Å². The molecule has 1 heterocycles. The van der Waals surface area contributed by atoms with Gasteiger partial charge >= 0.3 is 0 Å². The van der Waals surface area contributed by atoms with Crippen LogP contribution in [-0.2, 0) is 6.42 Å². The molecule has 0 atom stereocenters. The Bertz CT molecular complexity index is 477. The molecule has 0 spiro atoms. The summed E-state index contributed by atoms with van der Waals surface area (Å²) in [6.07, 6.45) is 3.50. The first-order valence-electron chi connectivity index (χ1n) is 5.26. The van der Waals surface area contributed by atoms with Crippen LogP contribution in [0.1, 0.15) is 23.4 Å². The highest BCUT2D eigenvalue weighted by Gasteiger charge is 2.09. The molecule has 1 rings (SSSR count). The predicted octanol–water partition coefficient (Wildman–Crippen LogP) is 5.12. The second-order valence-electron chi connectivity index (χ2n) is 3.83. The average molecular weight is 360 g/mol. The standard InChI is InChI=1S/C14H15ClIN/c1-5-9(2)6-7-12-8-13(15)11(4)17-14(12)10(3)16/h5,8H,1-3,6-7H2,4H3. The highest BCUT2D eigenvalue weighted by molar-refractivity contribution is 14.1. The Kier molecular flexibility index (Phi) is 5.40. The molecular formula is C14H15ClIN. The zero-order chi connectivity index (χ0) is 13.0. The molecule has 1 aromatic heterocycles. The highest BCUT2D eigenvalue weighted by Crippen LogP contribution is 2.27. The van der Waals surface area contributed by atoms with Crippen LogP contribution >= 0.6 is 34.2 Å². The van der Waals surface area contributed by atoms with Crippen LogP contribution in [0.2, 0.25) is 5.02 Å². The van der Waals surface area contributed by atoms with Gasteiger partial charge in [-0.1, -0.05) is 43.0 Å². The molecule has 0 saturated carbocycles. The molecule has 0 N–H and O–H groups in total. The van der Waals surface area contributed by atoms with Gasteiger partial charge < -0.3 is 0 Å². The van der Waals surface area contributed by atoms with E-state index in [4.69, 9.17) is 11.6 Å². The lowest BCUT2D eigenvalue weighted by molar-refractivity contribution is 0.947. The first kappa shape index (κ1) is 14.5. The number of rotatable bonds is 5. The molecule has 0 bridgehead atoms. The second kappa shape index (κ2) is 6.36. The Morgan fingerprint density at radius 3 is 2.71 bits per heavy atom. The highest BCUT2D eigenvalue weighted by atomic mass is 127. The number of aromatic nitrogens is 1. The monoisotopic (exact) mass is 359 g/mol. The van der Waals surface area contributed by atoms with Gasteiger partial charge in [0.2, 0.25) is 0 Å². The molecule has 0 aliphatic rings. The third-order valence-corrected chi connectivity index (χ3v) is 3.38.